The highest BCUT2D eigenvalue weighted by atomic mass is 33.5. The number of rotatable bonds is 5. The minimum atomic E-state index is 1.11. The summed E-state index contributed by atoms with van der Waals surface area (Å²) in [6, 6.07) is 10.6. The van der Waals surface area contributed by atoms with Gasteiger partial charge in [0.05, 0.1) is 0 Å². The quantitative estimate of drug-likeness (QED) is 0.513. The first-order chi connectivity index (χ1) is 6.93. The lowest BCUT2D eigenvalue weighted by molar-refractivity contribution is 1.43. The van der Waals surface area contributed by atoms with Crippen LogP contribution in [0, 0.1) is 0 Å². The summed E-state index contributed by atoms with van der Waals surface area (Å²) in [5, 5.41) is 0. The zero-order valence-electron chi connectivity index (χ0n) is 9.03. The van der Waals surface area contributed by atoms with Crippen LogP contribution in [0.25, 0.3) is 0 Å². The van der Waals surface area contributed by atoms with Gasteiger partial charge in [0.1, 0.15) is 0 Å². The van der Waals surface area contributed by atoms with Gasteiger partial charge in [-0.15, -0.1) is 0 Å². The van der Waals surface area contributed by atoms with E-state index in [1.165, 1.54) is 11.3 Å². The van der Waals surface area contributed by atoms with E-state index in [1.807, 2.05) is 45.3 Å². The SMILES string of the molecule is CC.CCSSSCc1ccccc1. The summed E-state index contributed by atoms with van der Waals surface area (Å²) in [5.41, 5.74) is 1.41. The fourth-order valence-electron chi connectivity index (χ4n) is 0.748. The molecular formula is C11H18S3. The van der Waals surface area contributed by atoms with Gasteiger partial charge in [-0.25, -0.2) is 0 Å². The van der Waals surface area contributed by atoms with Crippen molar-refractivity contribution in [3.63, 3.8) is 0 Å². The fraction of sp³-hybridized carbons (Fsp3) is 0.455. The summed E-state index contributed by atoms with van der Waals surface area (Å²) in [7, 11) is 5.70. The second-order valence-electron chi connectivity index (χ2n) is 2.22. The highest BCUT2D eigenvalue weighted by molar-refractivity contribution is 9.09. The highest BCUT2D eigenvalue weighted by Gasteiger charge is 1.91. The molecule has 0 amide bonds. The van der Waals surface area contributed by atoms with Crippen LogP contribution in [0.3, 0.4) is 0 Å². The molecule has 1 aromatic carbocycles. The van der Waals surface area contributed by atoms with Gasteiger partial charge in [-0.1, -0.05) is 72.7 Å². The minimum absolute atomic E-state index is 1.11. The van der Waals surface area contributed by atoms with E-state index in [-0.39, 0.29) is 0 Å². The average molecular weight is 246 g/mol. The highest BCUT2D eigenvalue weighted by Crippen LogP contribution is 2.36. The minimum Gasteiger partial charge on any atom is -0.0828 e. The first kappa shape index (κ1) is 14.3. The molecule has 0 aliphatic rings. The summed E-state index contributed by atoms with van der Waals surface area (Å²) >= 11 is 0. The maximum absolute atomic E-state index is 2.18. The van der Waals surface area contributed by atoms with E-state index in [9.17, 15) is 0 Å². The monoisotopic (exact) mass is 246 g/mol. The molecule has 0 atom stereocenters. The largest absolute Gasteiger partial charge is 0.0828 e. The molecule has 0 saturated heterocycles. The van der Waals surface area contributed by atoms with Crippen LogP contribution in [0.15, 0.2) is 30.3 Å². The second-order valence-corrected chi connectivity index (χ2v) is 6.74. The van der Waals surface area contributed by atoms with Crippen molar-refractivity contribution in [2.45, 2.75) is 26.5 Å². The van der Waals surface area contributed by atoms with Crippen molar-refractivity contribution in [3.8, 4) is 0 Å². The molecule has 0 nitrogen and oxygen atoms in total. The maximum atomic E-state index is 2.18. The molecule has 0 aliphatic carbocycles. The van der Waals surface area contributed by atoms with Gasteiger partial charge in [-0.3, -0.25) is 0 Å². The van der Waals surface area contributed by atoms with Gasteiger partial charge in [0.15, 0.2) is 0 Å². The molecule has 0 radical (unpaired) electrons. The zero-order chi connectivity index (χ0) is 10.6. The van der Waals surface area contributed by atoms with Gasteiger partial charge in [-0.2, -0.15) is 0 Å². The Hall–Kier alpha value is 0.270. The van der Waals surface area contributed by atoms with Gasteiger partial charge in [0.25, 0.3) is 0 Å². The molecule has 0 fully saturated rings. The summed E-state index contributed by atoms with van der Waals surface area (Å²) in [6.45, 7) is 6.18. The average Bonchev–Trinajstić information content (AvgIpc) is 2.29. The molecule has 80 valence electrons. The molecule has 0 aliphatic heterocycles. The van der Waals surface area contributed by atoms with Crippen LogP contribution in [0.5, 0.6) is 0 Å². The van der Waals surface area contributed by atoms with Gasteiger partial charge < -0.3 is 0 Å². The number of hydrogen-bond donors (Lipinski definition) is 0. The van der Waals surface area contributed by atoms with E-state index in [4.69, 9.17) is 0 Å². The van der Waals surface area contributed by atoms with Crippen molar-refractivity contribution < 1.29 is 0 Å². The van der Waals surface area contributed by atoms with Crippen molar-refractivity contribution >= 4 is 31.4 Å². The molecule has 3 heteroatoms. The van der Waals surface area contributed by atoms with E-state index >= 15 is 0 Å². The molecular weight excluding hydrogens is 228 g/mol. The molecule has 0 saturated carbocycles. The molecule has 14 heavy (non-hydrogen) atoms. The third-order valence-corrected chi connectivity index (χ3v) is 5.53. The van der Waals surface area contributed by atoms with Gasteiger partial charge in [0.2, 0.25) is 0 Å². The third-order valence-electron chi connectivity index (χ3n) is 1.28. The van der Waals surface area contributed by atoms with E-state index in [0.717, 1.165) is 5.75 Å². The van der Waals surface area contributed by atoms with Gasteiger partial charge >= 0.3 is 0 Å². The number of hydrogen-bond acceptors (Lipinski definition) is 3. The standard InChI is InChI=1S/C9H12S3.C2H6/c1-2-10-12-11-8-9-6-4-3-5-7-9;1-2/h3-7H,2,8H2,1H3;1-2H3. The Bertz CT molecular complexity index is 199. The molecule has 0 aromatic heterocycles. The van der Waals surface area contributed by atoms with Crippen LogP contribution < -0.4 is 0 Å². The van der Waals surface area contributed by atoms with Crippen LogP contribution in [-0.2, 0) is 5.75 Å². The predicted octanol–water partition coefficient (Wildman–Crippen LogP) is 5.26. The topological polar surface area (TPSA) is 0 Å². The number of benzene rings is 1. The Balaban J connectivity index is 0.000000791. The summed E-state index contributed by atoms with van der Waals surface area (Å²) in [5.74, 6) is 2.30. The molecule has 0 unspecified atom stereocenters. The lowest BCUT2D eigenvalue weighted by atomic mass is 10.2. The predicted molar refractivity (Wildman–Crippen MR) is 74.8 cm³/mol. The van der Waals surface area contributed by atoms with Crippen molar-refractivity contribution in [1.82, 2.24) is 0 Å². The van der Waals surface area contributed by atoms with Crippen molar-refractivity contribution in [2.75, 3.05) is 5.75 Å². The first-order valence-corrected chi connectivity index (χ1v) is 8.70. The summed E-state index contributed by atoms with van der Waals surface area (Å²) in [4.78, 5) is 0. The van der Waals surface area contributed by atoms with E-state index < -0.39 is 0 Å². The Morgan fingerprint density at radius 2 is 1.64 bits per heavy atom. The van der Waals surface area contributed by atoms with Crippen LogP contribution in [0.2, 0.25) is 0 Å². The smallest absolute Gasteiger partial charge is 0.0296 e. The molecule has 0 spiro atoms. The van der Waals surface area contributed by atoms with Crippen molar-refractivity contribution in [3.05, 3.63) is 35.9 Å². The maximum Gasteiger partial charge on any atom is 0.0296 e. The van der Waals surface area contributed by atoms with E-state index in [1.54, 1.807) is 0 Å². The van der Waals surface area contributed by atoms with Crippen LogP contribution in [0.4, 0.5) is 0 Å². The molecule has 1 rings (SSSR count). The van der Waals surface area contributed by atoms with Gasteiger partial charge in [-0.05, 0) is 15.4 Å². The van der Waals surface area contributed by atoms with Crippen LogP contribution >= 0.6 is 31.4 Å². The summed E-state index contributed by atoms with van der Waals surface area (Å²) in [6.07, 6.45) is 0. The zero-order valence-corrected chi connectivity index (χ0v) is 11.5. The lowest BCUT2D eigenvalue weighted by Gasteiger charge is -1.98. The molecule has 1 aromatic rings. The second kappa shape index (κ2) is 11.3. The van der Waals surface area contributed by atoms with Crippen LogP contribution in [-0.4, -0.2) is 5.75 Å². The summed E-state index contributed by atoms with van der Waals surface area (Å²) < 4.78 is 0. The third kappa shape index (κ3) is 7.65. The normalized spacial score (nSPS) is 9.07. The Kier molecular flexibility index (Phi) is 11.6. The van der Waals surface area contributed by atoms with Gasteiger partial charge in [0, 0.05) is 11.5 Å². The van der Waals surface area contributed by atoms with Crippen molar-refractivity contribution in [1.29, 1.82) is 0 Å². The van der Waals surface area contributed by atoms with Crippen molar-refractivity contribution in [2.24, 2.45) is 0 Å². The Labute approximate surface area is 99.4 Å². The lowest BCUT2D eigenvalue weighted by Crippen LogP contribution is -1.74. The Morgan fingerprint density at radius 3 is 2.21 bits per heavy atom. The Morgan fingerprint density at radius 1 is 1.00 bits per heavy atom. The van der Waals surface area contributed by atoms with E-state index in [2.05, 4.69) is 37.3 Å². The van der Waals surface area contributed by atoms with Crippen LogP contribution in [0.1, 0.15) is 26.3 Å². The van der Waals surface area contributed by atoms with E-state index in [0.29, 0.717) is 0 Å². The fourth-order valence-corrected chi connectivity index (χ4v) is 4.25. The molecule has 0 N–H and O–H groups in total. The first-order valence-electron chi connectivity index (χ1n) is 4.88. The molecule has 0 bridgehead atoms. The molecule has 0 heterocycles.